The number of amides is 1. The normalized spacial score (nSPS) is 18.9. The second-order valence-corrected chi connectivity index (χ2v) is 5.02. The van der Waals surface area contributed by atoms with Gasteiger partial charge >= 0.3 is 0 Å². The molecular formula is C13H18N4O3. The lowest BCUT2D eigenvalue weighted by Crippen LogP contribution is -2.42. The van der Waals surface area contributed by atoms with E-state index in [2.05, 4.69) is 0 Å². The predicted molar refractivity (Wildman–Crippen MR) is 75.2 cm³/mol. The fraction of sp³-hybridized carbons (Fsp3) is 0.462. The molecule has 1 unspecified atom stereocenters. The molecule has 0 aliphatic carbocycles. The molecule has 7 nitrogen and oxygen atoms in total. The van der Waals surface area contributed by atoms with Gasteiger partial charge in [-0.05, 0) is 31.4 Å². The number of benzene rings is 1. The standard InChI is InChI=1S/C13H18N4O3/c14-7-9-2-1-5-16(8-9)13(18)11-6-10(17(19)20)3-4-12(11)15/h3-4,6,9H,1-2,5,7-8,14-15H2. The minimum absolute atomic E-state index is 0.130. The number of nitrogen functional groups attached to an aromatic ring is 1. The average molecular weight is 278 g/mol. The summed E-state index contributed by atoms with van der Waals surface area (Å²) in [6.07, 6.45) is 1.90. The third kappa shape index (κ3) is 2.88. The Labute approximate surface area is 116 Å². The van der Waals surface area contributed by atoms with Gasteiger partial charge in [0.25, 0.3) is 11.6 Å². The second kappa shape index (κ2) is 5.87. The van der Waals surface area contributed by atoms with Crippen LogP contribution in [-0.2, 0) is 0 Å². The van der Waals surface area contributed by atoms with Gasteiger partial charge in [0, 0.05) is 30.9 Å². The zero-order valence-corrected chi connectivity index (χ0v) is 11.1. The molecule has 1 aromatic rings. The van der Waals surface area contributed by atoms with Gasteiger partial charge in [0.2, 0.25) is 0 Å². The topological polar surface area (TPSA) is 115 Å². The zero-order valence-electron chi connectivity index (χ0n) is 11.1. The molecule has 7 heteroatoms. The molecule has 0 aromatic heterocycles. The molecular weight excluding hydrogens is 260 g/mol. The molecule has 1 fully saturated rings. The van der Waals surface area contributed by atoms with Crippen molar-refractivity contribution in [3.63, 3.8) is 0 Å². The van der Waals surface area contributed by atoms with Crippen molar-refractivity contribution in [1.29, 1.82) is 0 Å². The summed E-state index contributed by atoms with van der Waals surface area (Å²) in [5.74, 6) is 0.0250. The number of anilines is 1. The van der Waals surface area contributed by atoms with Crippen molar-refractivity contribution in [3.05, 3.63) is 33.9 Å². The van der Waals surface area contributed by atoms with Crippen molar-refractivity contribution in [2.45, 2.75) is 12.8 Å². The van der Waals surface area contributed by atoms with Crippen LogP contribution in [0.1, 0.15) is 23.2 Å². The van der Waals surface area contributed by atoms with Gasteiger partial charge in [-0.1, -0.05) is 0 Å². The van der Waals surface area contributed by atoms with Crippen molar-refractivity contribution in [1.82, 2.24) is 4.90 Å². The lowest BCUT2D eigenvalue weighted by molar-refractivity contribution is -0.384. The van der Waals surface area contributed by atoms with Crippen LogP contribution in [0.2, 0.25) is 0 Å². The number of nitrogens with two attached hydrogens (primary N) is 2. The van der Waals surface area contributed by atoms with Gasteiger partial charge in [-0.15, -0.1) is 0 Å². The molecule has 108 valence electrons. The second-order valence-electron chi connectivity index (χ2n) is 5.02. The van der Waals surface area contributed by atoms with E-state index in [4.69, 9.17) is 11.5 Å². The van der Waals surface area contributed by atoms with Crippen LogP contribution in [0.3, 0.4) is 0 Å². The number of hydrogen-bond acceptors (Lipinski definition) is 5. The number of hydrogen-bond donors (Lipinski definition) is 2. The molecule has 1 aromatic carbocycles. The third-order valence-electron chi connectivity index (χ3n) is 3.62. The quantitative estimate of drug-likeness (QED) is 0.486. The number of nitro groups is 1. The van der Waals surface area contributed by atoms with Gasteiger partial charge in [-0.25, -0.2) is 0 Å². The molecule has 2 rings (SSSR count). The zero-order chi connectivity index (χ0) is 14.7. The van der Waals surface area contributed by atoms with Crippen LogP contribution in [0.15, 0.2) is 18.2 Å². The molecule has 4 N–H and O–H groups in total. The summed E-state index contributed by atoms with van der Waals surface area (Å²) in [4.78, 5) is 24.4. The molecule has 0 saturated carbocycles. The van der Waals surface area contributed by atoms with Crippen LogP contribution < -0.4 is 11.5 Å². The number of rotatable bonds is 3. The molecule has 0 radical (unpaired) electrons. The number of piperidine rings is 1. The molecule has 1 aliphatic heterocycles. The first-order chi connectivity index (χ1) is 9.52. The van der Waals surface area contributed by atoms with E-state index in [1.807, 2.05) is 0 Å². The number of carbonyl (C=O) groups excluding carboxylic acids is 1. The van der Waals surface area contributed by atoms with Crippen LogP contribution in [0.5, 0.6) is 0 Å². The van der Waals surface area contributed by atoms with E-state index in [-0.39, 0.29) is 28.8 Å². The van der Waals surface area contributed by atoms with Gasteiger partial charge in [0.15, 0.2) is 0 Å². The van der Waals surface area contributed by atoms with Gasteiger partial charge in [-0.2, -0.15) is 0 Å². The maximum atomic E-state index is 12.4. The molecule has 0 bridgehead atoms. The number of carbonyl (C=O) groups is 1. The van der Waals surface area contributed by atoms with E-state index in [0.29, 0.717) is 19.6 Å². The van der Waals surface area contributed by atoms with Crippen molar-refractivity contribution in [3.8, 4) is 0 Å². The molecule has 0 spiro atoms. The Morgan fingerprint density at radius 3 is 2.90 bits per heavy atom. The van der Waals surface area contributed by atoms with Gasteiger partial charge in [0.1, 0.15) is 0 Å². The largest absolute Gasteiger partial charge is 0.398 e. The van der Waals surface area contributed by atoms with Crippen LogP contribution >= 0.6 is 0 Å². The predicted octanol–water partition coefficient (Wildman–Crippen LogP) is 0.988. The van der Waals surface area contributed by atoms with Crippen LogP contribution in [0, 0.1) is 16.0 Å². The minimum atomic E-state index is -0.533. The van der Waals surface area contributed by atoms with Crippen LogP contribution in [-0.4, -0.2) is 35.4 Å². The van der Waals surface area contributed by atoms with Crippen molar-refractivity contribution in [2.24, 2.45) is 11.7 Å². The maximum absolute atomic E-state index is 12.4. The number of nitrogens with zero attached hydrogens (tertiary/aromatic N) is 2. The van der Waals surface area contributed by atoms with Gasteiger partial charge < -0.3 is 16.4 Å². The highest BCUT2D eigenvalue weighted by Gasteiger charge is 2.26. The van der Waals surface area contributed by atoms with E-state index >= 15 is 0 Å². The number of likely N-dealkylation sites (tertiary alicyclic amines) is 1. The summed E-state index contributed by atoms with van der Waals surface area (Å²) in [5.41, 5.74) is 11.7. The Hall–Kier alpha value is -2.15. The Morgan fingerprint density at radius 2 is 2.25 bits per heavy atom. The summed E-state index contributed by atoms with van der Waals surface area (Å²) >= 11 is 0. The summed E-state index contributed by atoms with van der Waals surface area (Å²) in [6.45, 7) is 1.75. The first kappa shape index (κ1) is 14.3. The van der Waals surface area contributed by atoms with Crippen molar-refractivity contribution < 1.29 is 9.72 Å². The molecule has 20 heavy (non-hydrogen) atoms. The third-order valence-corrected chi connectivity index (χ3v) is 3.62. The maximum Gasteiger partial charge on any atom is 0.270 e. The number of nitro benzene ring substituents is 1. The van der Waals surface area contributed by atoms with Crippen LogP contribution in [0.4, 0.5) is 11.4 Å². The van der Waals surface area contributed by atoms with Gasteiger partial charge in [0.05, 0.1) is 10.5 Å². The SMILES string of the molecule is NCC1CCCN(C(=O)c2cc([N+](=O)[O-])ccc2N)C1. The lowest BCUT2D eigenvalue weighted by atomic mass is 9.97. The molecule has 1 aliphatic rings. The van der Waals surface area contributed by atoms with Crippen molar-refractivity contribution in [2.75, 3.05) is 25.4 Å². The Balaban J connectivity index is 2.24. The first-order valence-corrected chi connectivity index (χ1v) is 6.56. The minimum Gasteiger partial charge on any atom is -0.398 e. The summed E-state index contributed by atoms with van der Waals surface area (Å²) < 4.78 is 0. The summed E-state index contributed by atoms with van der Waals surface area (Å²) in [7, 11) is 0. The van der Waals surface area contributed by atoms with Crippen molar-refractivity contribution >= 4 is 17.3 Å². The van der Waals surface area contributed by atoms with Crippen LogP contribution in [0.25, 0.3) is 0 Å². The monoisotopic (exact) mass is 278 g/mol. The fourth-order valence-electron chi connectivity index (χ4n) is 2.46. The van der Waals surface area contributed by atoms with E-state index < -0.39 is 4.92 Å². The first-order valence-electron chi connectivity index (χ1n) is 6.56. The number of non-ortho nitro benzene ring substituents is 1. The summed E-state index contributed by atoms with van der Waals surface area (Å²) in [6, 6.07) is 3.93. The highest BCUT2D eigenvalue weighted by atomic mass is 16.6. The Bertz CT molecular complexity index is 532. The molecule has 1 amide bonds. The molecule has 1 atom stereocenters. The van der Waals surface area contributed by atoms with E-state index in [1.54, 1.807) is 4.90 Å². The summed E-state index contributed by atoms with van der Waals surface area (Å²) in [5, 5.41) is 10.8. The average Bonchev–Trinajstić information content (AvgIpc) is 2.46. The van der Waals surface area contributed by atoms with E-state index in [1.165, 1.54) is 18.2 Å². The van der Waals surface area contributed by atoms with E-state index in [0.717, 1.165) is 12.8 Å². The molecule has 1 heterocycles. The van der Waals surface area contributed by atoms with Gasteiger partial charge in [-0.3, -0.25) is 14.9 Å². The molecule has 1 saturated heterocycles. The fourth-order valence-corrected chi connectivity index (χ4v) is 2.46. The highest BCUT2D eigenvalue weighted by molar-refractivity contribution is 5.99. The smallest absolute Gasteiger partial charge is 0.270 e. The highest BCUT2D eigenvalue weighted by Crippen LogP contribution is 2.24. The Morgan fingerprint density at radius 1 is 1.50 bits per heavy atom. The Kier molecular flexibility index (Phi) is 4.19. The lowest BCUT2D eigenvalue weighted by Gasteiger charge is -2.32. The van der Waals surface area contributed by atoms with E-state index in [9.17, 15) is 14.9 Å².